The number of nitrogens with two attached hydrogens (primary N) is 1. The molecule has 1 aromatic carbocycles. The molecule has 0 saturated carbocycles. The van der Waals surface area contributed by atoms with Gasteiger partial charge in [0.2, 0.25) is 0 Å². The minimum Gasteiger partial charge on any atom is -0.382 e. The number of hydrogen-bond acceptors (Lipinski definition) is 4. The zero-order chi connectivity index (χ0) is 15.4. The van der Waals surface area contributed by atoms with Crippen molar-refractivity contribution in [1.82, 2.24) is 24.8 Å². The molecule has 110 valence electrons. The van der Waals surface area contributed by atoms with Gasteiger partial charge < -0.3 is 5.73 Å². The molecule has 4 aromatic rings. The lowest BCUT2D eigenvalue weighted by atomic mass is 10.2. The standard InChI is InChI=1S/C13H7BrCl2N6/c14-6-4-2-1-3-5(6)12-20-21-13-8(15)9-7(10(16)22(12)13)11(17)19-18-9/h1-4,18H,(H2,17,19). The van der Waals surface area contributed by atoms with Crippen LogP contribution in [0, 0.1) is 0 Å². The van der Waals surface area contributed by atoms with Gasteiger partial charge in [-0.3, -0.25) is 9.50 Å². The normalized spacial score (nSPS) is 11.6. The highest BCUT2D eigenvalue weighted by molar-refractivity contribution is 9.10. The first-order valence-electron chi connectivity index (χ1n) is 6.20. The quantitative estimate of drug-likeness (QED) is 0.476. The van der Waals surface area contributed by atoms with E-state index >= 15 is 0 Å². The summed E-state index contributed by atoms with van der Waals surface area (Å²) >= 11 is 16.4. The van der Waals surface area contributed by atoms with Gasteiger partial charge in [-0.15, -0.1) is 10.2 Å². The van der Waals surface area contributed by atoms with E-state index < -0.39 is 0 Å². The van der Waals surface area contributed by atoms with Gasteiger partial charge in [0, 0.05) is 10.0 Å². The molecule has 0 aliphatic heterocycles. The molecule has 4 rings (SSSR count). The lowest BCUT2D eigenvalue weighted by Crippen LogP contribution is -1.95. The molecule has 0 unspecified atom stereocenters. The number of pyridine rings is 1. The van der Waals surface area contributed by atoms with E-state index in [1.807, 2.05) is 24.3 Å². The smallest absolute Gasteiger partial charge is 0.183 e. The number of halogens is 3. The molecule has 3 aromatic heterocycles. The van der Waals surface area contributed by atoms with Gasteiger partial charge in [0.05, 0.1) is 10.9 Å². The summed E-state index contributed by atoms with van der Waals surface area (Å²) in [6, 6.07) is 7.64. The van der Waals surface area contributed by atoms with Gasteiger partial charge >= 0.3 is 0 Å². The third kappa shape index (κ3) is 1.76. The van der Waals surface area contributed by atoms with E-state index in [9.17, 15) is 0 Å². The van der Waals surface area contributed by atoms with Gasteiger partial charge in [0.15, 0.2) is 17.3 Å². The van der Waals surface area contributed by atoms with Crippen molar-refractivity contribution in [2.75, 3.05) is 5.73 Å². The Morgan fingerprint density at radius 2 is 1.95 bits per heavy atom. The first kappa shape index (κ1) is 13.8. The second-order valence-electron chi connectivity index (χ2n) is 4.63. The average Bonchev–Trinajstić information content (AvgIpc) is 3.10. The van der Waals surface area contributed by atoms with Crippen LogP contribution in [0.15, 0.2) is 28.7 Å². The van der Waals surface area contributed by atoms with E-state index in [1.165, 1.54) is 0 Å². The predicted molar refractivity (Wildman–Crippen MR) is 90.2 cm³/mol. The Hall–Kier alpha value is -1.83. The fourth-order valence-electron chi connectivity index (χ4n) is 2.38. The molecule has 3 N–H and O–H groups in total. The second kappa shape index (κ2) is 4.84. The number of rotatable bonds is 1. The van der Waals surface area contributed by atoms with E-state index in [-0.39, 0.29) is 5.82 Å². The first-order valence-corrected chi connectivity index (χ1v) is 7.75. The maximum absolute atomic E-state index is 6.51. The molecule has 0 fully saturated rings. The Bertz CT molecular complexity index is 1040. The molecular formula is C13H7BrCl2N6. The van der Waals surface area contributed by atoms with Crippen molar-refractivity contribution < 1.29 is 0 Å². The van der Waals surface area contributed by atoms with Crippen LogP contribution in [-0.2, 0) is 0 Å². The highest BCUT2D eigenvalue weighted by atomic mass is 79.9. The molecule has 0 bridgehead atoms. The lowest BCUT2D eigenvalue weighted by molar-refractivity contribution is 1.11. The van der Waals surface area contributed by atoms with Gasteiger partial charge in [-0.05, 0) is 6.07 Å². The fraction of sp³-hybridized carbons (Fsp3) is 0. The van der Waals surface area contributed by atoms with Crippen molar-refractivity contribution in [1.29, 1.82) is 0 Å². The molecular weight excluding hydrogens is 391 g/mol. The van der Waals surface area contributed by atoms with Crippen LogP contribution in [0.3, 0.4) is 0 Å². The van der Waals surface area contributed by atoms with Crippen molar-refractivity contribution in [2.45, 2.75) is 0 Å². The van der Waals surface area contributed by atoms with Crippen LogP contribution in [-0.4, -0.2) is 24.8 Å². The second-order valence-corrected chi connectivity index (χ2v) is 6.22. The Labute approximate surface area is 142 Å². The third-order valence-electron chi connectivity index (χ3n) is 3.39. The number of nitrogens with one attached hydrogen (secondary N) is 1. The molecule has 9 heteroatoms. The van der Waals surface area contributed by atoms with Gasteiger partial charge in [-0.2, -0.15) is 5.10 Å². The van der Waals surface area contributed by atoms with Crippen LogP contribution in [0.4, 0.5) is 5.82 Å². The van der Waals surface area contributed by atoms with Crippen molar-refractivity contribution in [3.63, 3.8) is 0 Å². The molecule has 0 aliphatic rings. The van der Waals surface area contributed by atoms with E-state index in [2.05, 4.69) is 36.3 Å². The van der Waals surface area contributed by atoms with Crippen LogP contribution >= 0.6 is 39.1 Å². The number of anilines is 1. The van der Waals surface area contributed by atoms with E-state index in [4.69, 9.17) is 28.9 Å². The number of aromatic nitrogens is 5. The monoisotopic (exact) mass is 396 g/mol. The first-order chi connectivity index (χ1) is 10.6. The highest BCUT2D eigenvalue weighted by Crippen LogP contribution is 2.37. The summed E-state index contributed by atoms with van der Waals surface area (Å²) in [5.74, 6) is 0.840. The number of benzene rings is 1. The Kier molecular flexibility index (Phi) is 3.04. The minimum absolute atomic E-state index is 0.274. The molecule has 0 radical (unpaired) electrons. The van der Waals surface area contributed by atoms with Gasteiger partial charge in [-0.25, -0.2) is 0 Å². The van der Waals surface area contributed by atoms with Crippen molar-refractivity contribution in [3.05, 3.63) is 38.9 Å². The van der Waals surface area contributed by atoms with E-state index in [0.29, 0.717) is 32.6 Å². The Morgan fingerprint density at radius 3 is 2.73 bits per heavy atom. The van der Waals surface area contributed by atoms with E-state index in [1.54, 1.807) is 4.40 Å². The topological polar surface area (TPSA) is 84.9 Å². The summed E-state index contributed by atoms with van der Waals surface area (Å²) in [4.78, 5) is 0. The van der Waals surface area contributed by atoms with Crippen LogP contribution in [0.2, 0.25) is 10.2 Å². The van der Waals surface area contributed by atoms with Crippen LogP contribution in [0.1, 0.15) is 0 Å². The SMILES string of the molecule is Nc1n[nH]c2c(Cl)c3nnc(-c4ccccc4Br)n3c(Cl)c12. The molecule has 0 atom stereocenters. The predicted octanol–water partition coefficient (Wildman–Crippen LogP) is 3.92. The molecule has 6 nitrogen and oxygen atoms in total. The number of aromatic amines is 1. The number of hydrogen-bond donors (Lipinski definition) is 2. The maximum atomic E-state index is 6.51. The minimum atomic E-state index is 0.274. The van der Waals surface area contributed by atoms with Crippen molar-refractivity contribution >= 4 is 61.5 Å². The molecule has 0 amide bonds. The molecule has 0 aliphatic carbocycles. The summed E-state index contributed by atoms with van der Waals surface area (Å²) < 4.78 is 2.54. The number of fused-ring (bicyclic) bond motifs is 2. The summed E-state index contributed by atoms with van der Waals surface area (Å²) in [6.07, 6.45) is 0. The van der Waals surface area contributed by atoms with Crippen molar-refractivity contribution in [2.24, 2.45) is 0 Å². The van der Waals surface area contributed by atoms with Gasteiger partial charge in [-0.1, -0.05) is 57.3 Å². The summed E-state index contributed by atoms with van der Waals surface area (Å²) in [5, 5.41) is 16.4. The summed E-state index contributed by atoms with van der Waals surface area (Å²) in [5.41, 5.74) is 7.70. The Morgan fingerprint density at radius 1 is 1.18 bits per heavy atom. The zero-order valence-electron chi connectivity index (χ0n) is 10.8. The molecule has 3 heterocycles. The molecule has 0 saturated heterocycles. The number of nitrogens with zero attached hydrogens (tertiary/aromatic N) is 4. The lowest BCUT2D eigenvalue weighted by Gasteiger charge is -2.07. The summed E-state index contributed by atoms with van der Waals surface area (Å²) in [7, 11) is 0. The third-order valence-corrected chi connectivity index (χ3v) is 4.80. The van der Waals surface area contributed by atoms with Gasteiger partial charge in [0.25, 0.3) is 0 Å². The molecule has 22 heavy (non-hydrogen) atoms. The number of H-pyrrole nitrogens is 1. The van der Waals surface area contributed by atoms with Gasteiger partial charge in [0.1, 0.15) is 10.2 Å². The fourth-order valence-corrected chi connectivity index (χ4v) is 3.45. The van der Waals surface area contributed by atoms with Crippen molar-refractivity contribution in [3.8, 4) is 11.4 Å². The zero-order valence-corrected chi connectivity index (χ0v) is 13.9. The highest BCUT2D eigenvalue weighted by Gasteiger charge is 2.22. The van der Waals surface area contributed by atoms with Crippen LogP contribution < -0.4 is 5.73 Å². The van der Waals surface area contributed by atoms with E-state index in [0.717, 1.165) is 10.0 Å². The van der Waals surface area contributed by atoms with Crippen LogP contribution in [0.5, 0.6) is 0 Å². The maximum Gasteiger partial charge on any atom is 0.183 e. The number of nitrogen functional groups attached to an aromatic ring is 1. The van der Waals surface area contributed by atoms with Crippen LogP contribution in [0.25, 0.3) is 27.9 Å². The Balaban J connectivity index is 2.19. The summed E-state index contributed by atoms with van der Waals surface area (Å²) in [6.45, 7) is 0. The average molecular weight is 398 g/mol. The molecule has 0 spiro atoms. The largest absolute Gasteiger partial charge is 0.382 e.